The third kappa shape index (κ3) is 4.99. The third-order valence-electron chi connectivity index (χ3n) is 5.39. The van der Waals surface area contributed by atoms with Gasteiger partial charge in [-0.05, 0) is 45.8 Å². The van der Waals surface area contributed by atoms with Crippen LogP contribution >= 0.6 is 11.3 Å². The van der Waals surface area contributed by atoms with Crippen molar-refractivity contribution in [2.24, 2.45) is 0 Å². The van der Waals surface area contributed by atoms with Crippen molar-refractivity contribution < 1.29 is 14.6 Å². The van der Waals surface area contributed by atoms with E-state index in [1.807, 2.05) is 35.6 Å². The van der Waals surface area contributed by atoms with Gasteiger partial charge in [0.15, 0.2) is 0 Å². The number of ether oxygens (including phenoxy) is 1. The van der Waals surface area contributed by atoms with Gasteiger partial charge in [-0.1, -0.05) is 42.5 Å². The molecule has 0 saturated heterocycles. The molecule has 0 bridgehead atoms. The molecule has 0 spiro atoms. The maximum Gasteiger partial charge on any atom is 0.304 e. The Hall–Kier alpha value is -2.89. The van der Waals surface area contributed by atoms with Gasteiger partial charge in [-0.2, -0.15) is 0 Å². The smallest absolute Gasteiger partial charge is 0.304 e. The molecule has 0 unspecified atom stereocenters. The highest BCUT2D eigenvalue weighted by molar-refractivity contribution is 7.10. The molecule has 30 heavy (non-hydrogen) atoms. The average molecular weight is 420 g/mol. The first kappa shape index (κ1) is 20.4. The lowest BCUT2D eigenvalue weighted by atomic mass is 9.96. The van der Waals surface area contributed by atoms with Crippen LogP contribution in [0.2, 0.25) is 0 Å². The maximum absolute atomic E-state index is 11.0. The second-order valence-corrected chi connectivity index (χ2v) is 8.63. The summed E-state index contributed by atoms with van der Waals surface area (Å²) in [4.78, 5) is 14.9. The van der Waals surface area contributed by atoms with Crippen molar-refractivity contribution in [3.05, 3.63) is 99.8 Å². The van der Waals surface area contributed by atoms with Crippen molar-refractivity contribution in [1.29, 1.82) is 0 Å². The fraction of sp³-hybridized carbons (Fsp3) is 0.240. The van der Waals surface area contributed by atoms with Crippen LogP contribution in [0.3, 0.4) is 0 Å². The second kappa shape index (κ2) is 9.28. The van der Waals surface area contributed by atoms with Gasteiger partial charge in [-0.25, -0.2) is 0 Å². The number of benzene rings is 2. The Morgan fingerprint density at radius 1 is 1.17 bits per heavy atom. The lowest BCUT2D eigenvalue weighted by molar-refractivity contribution is -0.137. The molecule has 4 nitrogen and oxygen atoms in total. The van der Waals surface area contributed by atoms with Gasteiger partial charge in [0.1, 0.15) is 12.4 Å². The minimum absolute atomic E-state index is 0.0427. The quantitative estimate of drug-likeness (QED) is 0.460. The summed E-state index contributed by atoms with van der Waals surface area (Å²) in [6.07, 6.45) is 1.72. The van der Waals surface area contributed by atoms with E-state index in [1.54, 1.807) is 6.08 Å². The first-order valence-electron chi connectivity index (χ1n) is 10.0. The SMILES string of the molecule is C=C[C@@H](CC(=O)O)c1ccc(OCc2cccc(CN3Cc4ccsc4C3)c2)cc1. The highest BCUT2D eigenvalue weighted by Gasteiger charge is 2.19. The fourth-order valence-electron chi connectivity index (χ4n) is 3.84. The van der Waals surface area contributed by atoms with E-state index in [9.17, 15) is 4.79 Å². The zero-order chi connectivity index (χ0) is 20.9. The normalized spacial score (nSPS) is 14.3. The molecule has 5 heteroatoms. The Balaban J connectivity index is 1.33. The van der Waals surface area contributed by atoms with E-state index in [-0.39, 0.29) is 12.3 Å². The number of carboxylic acids is 1. The molecule has 2 heterocycles. The van der Waals surface area contributed by atoms with Gasteiger partial charge >= 0.3 is 5.97 Å². The average Bonchev–Trinajstić information content (AvgIpc) is 3.33. The summed E-state index contributed by atoms with van der Waals surface area (Å²) in [5.74, 6) is -0.250. The standard InChI is InChI=1S/C25H25NO3S/c1-2-20(13-25(27)28)21-6-8-23(9-7-21)29-17-19-5-3-4-18(12-19)14-26-15-22-10-11-30-24(22)16-26/h2-12,20H,1,13-17H2,(H,27,28)/t20-/m0/s1. The van der Waals surface area contributed by atoms with Crippen LogP contribution in [-0.4, -0.2) is 16.0 Å². The Labute approximate surface area is 181 Å². The monoisotopic (exact) mass is 419 g/mol. The molecular formula is C25H25NO3S. The molecule has 1 aromatic heterocycles. The molecule has 1 atom stereocenters. The summed E-state index contributed by atoms with van der Waals surface area (Å²) in [7, 11) is 0. The molecule has 0 fully saturated rings. The molecular weight excluding hydrogens is 394 g/mol. The molecule has 4 rings (SSSR count). The van der Waals surface area contributed by atoms with Gasteiger partial charge in [-0.3, -0.25) is 9.69 Å². The van der Waals surface area contributed by atoms with Crippen molar-refractivity contribution in [3.63, 3.8) is 0 Å². The molecule has 0 radical (unpaired) electrons. The number of carboxylic acid groups (broad SMARTS) is 1. The molecule has 0 saturated carbocycles. The predicted octanol–water partition coefficient (Wildman–Crippen LogP) is 5.59. The molecule has 154 valence electrons. The minimum Gasteiger partial charge on any atom is -0.489 e. The molecule has 0 amide bonds. The number of rotatable bonds is 9. The number of fused-ring (bicyclic) bond motifs is 1. The maximum atomic E-state index is 11.0. The van der Waals surface area contributed by atoms with E-state index < -0.39 is 5.97 Å². The summed E-state index contributed by atoms with van der Waals surface area (Å²) in [6, 6.07) is 18.4. The number of nitrogens with zero attached hydrogens (tertiary/aromatic N) is 1. The van der Waals surface area contributed by atoms with E-state index >= 15 is 0 Å². The minimum atomic E-state index is -0.829. The summed E-state index contributed by atoms with van der Waals surface area (Å²) in [6.45, 7) is 7.25. The summed E-state index contributed by atoms with van der Waals surface area (Å²) >= 11 is 1.85. The lowest BCUT2D eigenvalue weighted by Crippen LogP contribution is -2.15. The van der Waals surface area contributed by atoms with Crippen LogP contribution in [0.5, 0.6) is 5.75 Å². The number of thiophene rings is 1. The topological polar surface area (TPSA) is 49.8 Å². The van der Waals surface area contributed by atoms with E-state index in [1.165, 1.54) is 16.0 Å². The molecule has 1 N–H and O–H groups in total. The first-order valence-corrected chi connectivity index (χ1v) is 10.9. The zero-order valence-corrected chi connectivity index (χ0v) is 17.6. The van der Waals surface area contributed by atoms with Crippen molar-refractivity contribution in [2.75, 3.05) is 0 Å². The molecule has 3 aromatic rings. The Kier molecular flexibility index (Phi) is 6.31. The van der Waals surface area contributed by atoms with E-state index in [0.717, 1.165) is 36.5 Å². The number of hydrogen-bond acceptors (Lipinski definition) is 4. The number of allylic oxidation sites excluding steroid dienone is 1. The molecule has 0 aliphatic carbocycles. The first-order chi connectivity index (χ1) is 14.6. The largest absolute Gasteiger partial charge is 0.489 e. The summed E-state index contributed by atoms with van der Waals surface area (Å²) in [5, 5.41) is 11.2. The predicted molar refractivity (Wildman–Crippen MR) is 120 cm³/mol. The van der Waals surface area contributed by atoms with Crippen molar-refractivity contribution in [1.82, 2.24) is 4.90 Å². The van der Waals surface area contributed by atoms with Crippen LogP contribution in [0.25, 0.3) is 0 Å². The number of carbonyl (C=O) groups is 1. The number of hydrogen-bond donors (Lipinski definition) is 1. The second-order valence-electron chi connectivity index (χ2n) is 7.63. The number of aliphatic carboxylic acids is 1. The van der Waals surface area contributed by atoms with Crippen LogP contribution in [0.15, 0.2) is 72.6 Å². The van der Waals surface area contributed by atoms with Gasteiger partial charge < -0.3 is 9.84 Å². The molecule has 2 aromatic carbocycles. The molecule has 1 aliphatic heterocycles. The highest BCUT2D eigenvalue weighted by atomic mass is 32.1. The Morgan fingerprint density at radius 3 is 2.70 bits per heavy atom. The van der Waals surface area contributed by atoms with Crippen LogP contribution < -0.4 is 4.74 Å². The van der Waals surface area contributed by atoms with Gasteiger partial charge in [0.2, 0.25) is 0 Å². The lowest BCUT2D eigenvalue weighted by Gasteiger charge is -2.16. The third-order valence-corrected chi connectivity index (χ3v) is 6.34. The fourth-order valence-corrected chi connectivity index (χ4v) is 4.78. The zero-order valence-electron chi connectivity index (χ0n) is 16.8. The van der Waals surface area contributed by atoms with Gasteiger partial charge in [0.25, 0.3) is 0 Å². The Morgan fingerprint density at radius 2 is 1.97 bits per heavy atom. The van der Waals surface area contributed by atoms with Crippen molar-refractivity contribution in [3.8, 4) is 5.75 Å². The van der Waals surface area contributed by atoms with E-state index in [4.69, 9.17) is 9.84 Å². The summed E-state index contributed by atoms with van der Waals surface area (Å²) in [5.41, 5.74) is 4.83. The molecule has 1 aliphatic rings. The van der Waals surface area contributed by atoms with Gasteiger partial charge in [-0.15, -0.1) is 17.9 Å². The van der Waals surface area contributed by atoms with Crippen LogP contribution in [0.1, 0.15) is 39.5 Å². The van der Waals surface area contributed by atoms with Crippen molar-refractivity contribution >= 4 is 17.3 Å². The van der Waals surface area contributed by atoms with E-state index in [2.05, 4.69) is 47.2 Å². The van der Waals surface area contributed by atoms with Gasteiger partial charge in [0.05, 0.1) is 6.42 Å². The van der Waals surface area contributed by atoms with Crippen molar-refractivity contribution in [2.45, 2.75) is 38.6 Å². The van der Waals surface area contributed by atoms with Crippen LogP contribution in [0, 0.1) is 0 Å². The van der Waals surface area contributed by atoms with E-state index in [0.29, 0.717) is 6.61 Å². The van der Waals surface area contributed by atoms with Gasteiger partial charge in [0, 0.05) is 30.4 Å². The van der Waals surface area contributed by atoms with Crippen LogP contribution in [-0.2, 0) is 31.0 Å². The highest BCUT2D eigenvalue weighted by Crippen LogP contribution is 2.29. The Bertz CT molecular complexity index is 1000. The summed E-state index contributed by atoms with van der Waals surface area (Å²) < 4.78 is 5.95. The van der Waals surface area contributed by atoms with Crippen LogP contribution in [0.4, 0.5) is 0 Å².